The van der Waals surface area contributed by atoms with Crippen molar-refractivity contribution >= 4 is 44.8 Å². The van der Waals surface area contributed by atoms with E-state index in [1.165, 1.54) is 0 Å². The molecule has 0 aliphatic rings. The molecule has 0 aliphatic carbocycles. The molecule has 30 heavy (non-hydrogen) atoms. The minimum Gasteiger partial charge on any atom is -0.484 e. The number of hydrogen-bond donors (Lipinski definition) is 3. The molecule has 2 aromatic heterocycles. The molecule has 0 bridgehead atoms. The van der Waals surface area contributed by atoms with Crippen LogP contribution >= 0.6 is 0 Å². The second kappa shape index (κ2) is 8.04. The number of amides is 1. The zero-order valence-corrected chi connectivity index (χ0v) is 16.3. The van der Waals surface area contributed by atoms with Crippen LogP contribution in [-0.2, 0) is 4.79 Å². The number of allylic oxidation sites excluding steroid dienone is 3. The number of ether oxygens (including phenoxy) is 1. The first kappa shape index (κ1) is 19.1. The maximum atomic E-state index is 11.1. The largest absolute Gasteiger partial charge is 0.484 e. The van der Waals surface area contributed by atoms with Crippen LogP contribution in [0.4, 0.5) is 11.5 Å². The van der Waals surface area contributed by atoms with Crippen LogP contribution in [0.3, 0.4) is 0 Å². The van der Waals surface area contributed by atoms with Gasteiger partial charge in [0.25, 0.3) is 5.91 Å². The Hall–Kier alpha value is -4.20. The molecule has 2 aromatic carbocycles. The molecule has 0 saturated heterocycles. The second-order valence-electron chi connectivity index (χ2n) is 6.57. The number of carbonyl (C=O) groups is 1. The van der Waals surface area contributed by atoms with Gasteiger partial charge in [0.2, 0.25) is 0 Å². The molecule has 4 N–H and O–H groups in total. The van der Waals surface area contributed by atoms with Crippen molar-refractivity contribution < 1.29 is 9.53 Å². The van der Waals surface area contributed by atoms with E-state index in [-0.39, 0.29) is 6.61 Å². The molecule has 0 aliphatic heterocycles. The van der Waals surface area contributed by atoms with E-state index in [9.17, 15) is 4.79 Å². The third-order valence-corrected chi connectivity index (χ3v) is 4.54. The molecule has 4 aromatic rings. The highest BCUT2D eigenvalue weighted by atomic mass is 16.5. The molecular formula is C22H20N6O2. The average Bonchev–Trinajstić information content (AvgIpc) is 3.21. The van der Waals surface area contributed by atoms with Gasteiger partial charge in [0.1, 0.15) is 11.6 Å². The van der Waals surface area contributed by atoms with E-state index in [0.717, 1.165) is 33.1 Å². The topological polar surface area (TPSA) is 119 Å². The molecule has 4 rings (SSSR count). The summed E-state index contributed by atoms with van der Waals surface area (Å²) in [6.07, 6.45) is 5.38. The summed E-state index contributed by atoms with van der Waals surface area (Å²) in [6, 6.07) is 11.2. The van der Waals surface area contributed by atoms with Crippen molar-refractivity contribution in [2.24, 2.45) is 5.73 Å². The minimum absolute atomic E-state index is 0.205. The van der Waals surface area contributed by atoms with E-state index in [2.05, 4.69) is 27.1 Å². The fraction of sp³-hybridized carbons (Fsp3) is 0.0909. The number of aromatic amines is 1. The SMILES string of the molecule is C=C/C(=C\C)c1nc(Nc2ccc3[nH]ncc3c2)c2cc(OCC(N)=O)ccc2n1. The van der Waals surface area contributed by atoms with Gasteiger partial charge in [0.05, 0.1) is 17.2 Å². The van der Waals surface area contributed by atoms with Gasteiger partial charge in [0.15, 0.2) is 12.4 Å². The monoisotopic (exact) mass is 400 g/mol. The fourth-order valence-corrected chi connectivity index (χ4v) is 3.07. The van der Waals surface area contributed by atoms with Crippen LogP contribution in [0.1, 0.15) is 12.7 Å². The Labute approximate surface area is 172 Å². The number of aromatic nitrogens is 4. The Morgan fingerprint density at radius 1 is 1.27 bits per heavy atom. The van der Waals surface area contributed by atoms with E-state index in [0.29, 0.717) is 17.4 Å². The molecule has 0 atom stereocenters. The van der Waals surface area contributed by atoms with Gasteiger partial charge < -0.3 is 15.8 Å². The Balaban J connectivity index is 1.82. The quantitative estimate of drug-likeness (QED) is 0.407. The van der Waals surface area contributed by atoms with Gasteiger partial charge in [-0.05, 0) is 43.3 Å². The number of carbonyl (C=O) groups excluding carboxylic acids is 1. The Morgan fingerprint density at radius 3 is 2.90 bits per heavy atom. The predicted molar refractivity (Wildman–Crippen MR) is 117 cm³/mol. The number of hydrogen-bond acceptors (Lipinski definition) is 6. The van der Waals surface area contributed by atoms with E-state index in [4.69, 9.17) is 15.5 Å². The second-order valence-corrected chi connectivity index (χ2v) is 6.57. The van der Waals surface area contributed by atoms with E-state index in [1.807, 2.05) is 37.3 Å². The molecule has 1 amide bonds. The molecule has 150 valence electrons. The number of fused-ring (bicyclic) bond motifs is 2. The Kier molecular flexibility index (Phi) is 5.13. The summed E-state index contributed by atoms with van der Waals surface area (Å²) < 4.78 is 5.45. The lowest BCUT2D eigenvalue weighted by Gasteiger charge is -2.13. The molecule has 0 spiro atoms. The van der Waals surface area contributed by atoms with Gasteiger partial charge in [-0.15, -0.1) is 0 Å². The van der Waals surface area contributed by atoms with Crippen molar-refractivity contribution in [3.63, 3.8) is 0 Å². The highest BCUT2D eigenvalue weighted by Crippen LogP contribution is 2.30. The molecule has 0 saturated carbocycles. The molecule has 8 heteroatoms. The fourth-order valence-electron chi connectivity index (χ4n) is 3.07. The van der Waals surface area contributed by atoms with Crippen LogP contribution in [0.25, 0.3) is 27.4 Å². The third-order valence-electron chi connectivity index (χ3n) is 4.54. The summed E-state index contributed by atoms with van der Waals surface area (Å²) in [6.45, 7) is 5.55. The van der Waals surface area contributed by atoms with Crippen molar-refractivity contribution in [1.29, 1.82) is 0 Å². The number of nitrogens with one attached hydrogen (secondary N) is 2. The number of H-pyrrole nitrogens is 1. The summed E-state index contributed by atoms with van der Waals surface area (Å²) in [5.74, 6) is 1.11. The number of anilines is 2. The lowest BCUT2D eigenvalue weighted by Crippen LogP contribution is -2.20. The van der Waals surface area contributed by atoms with Crippen LogP contribution < -0.4 is 15.8 Å². The summed E-state index contributed by atoms with van der Waals surface area (Å²) in [7, 11) is 0. The lowest BCUT2D eigenvalue weighted by molar-refractivity contribution is -0.119. The van der Waals surface area contributed by atoms with Gasteiger partial charge >= 0.3 is 0 Å². The summed E-state index contributed by atoms with van der Waals surface area (Å²) in [4.78, 5) is 20.4. The normalized spacial score (nSPS) is 11.6. The van der Waals surface area contributed by atoms with Crippen LogP contribution in [0, 0.1) is 0 Å². The third kappa shape index (κ3) is 3.83. The number of rotatable bonds is 7. The van der Waals surface area contributed by atoms with Crippen LogP contribution in [0.2, 0.25) is 0 Å². The van der Waals surface area contributed by atoms with Crippen molar-refractivity contribution in [1.82, 2.24) is 20.2 Å². The van der Waals surface area contributed by atoms with Crippen molar-refractivity contribution in [3.05, 3.63) is 67.2 Å². The zero-order valence-electron chi connectivity index (χ0n) is 16.3. The van der Waals surface area contributed by atoms with E-state index < -0.39 is 5.91 Å². The molecule has 0 unspecified atom stereocenters. The first-order valence-electron chi connectivity index (χ1n) is 9.29. The highest BCUT2D eigenvalue weighted by Gasteiger charge is 2.12. The standard InChI is InChI=1S/C22H20N6O2/c1-3-13(4-2)21-26-19-8-6-16(30-12-20(23)29)10-17(19)22(27-21)25-15-5-7-18-14(9-15)11-24-28-18/h3-11H,1,12H2,2H3,(H2,23,29)(H,24,28)(H,25,26,27)/b13-4+. The molecular weight excluding hydrogens is 380 g/mol. The van der Waals surface area contributed by atoms with Crippen molar-refractivity contribution in [3.8, 4) is 5.75 Å². The summed E-state index contributed by atoms with van der Waals surface area (Å²) in [5, 5.41) is 12.1. The summed E-state index contributed by atoms with van der Waals surface area (Å²) in [5.41, 5.74) is 8.51. The molecule has 0 fully saturated rings. The van der Waals surface area contributed by atoms with Gasteiger partial charge in [-0.25, -0.2) is 9.97 Å². The maximum absolute atomic E-state index is 11.1. The lowest BCUT2D eigenvalue weighted by atomic mass is 10.1. The minimum atomic E-state index is -0.544. The number of nitrogens with two attached hydrogens (primary N) is 1. The first-order chi connectivity index (χ1) is 14.6. The smallest absolute Gasteiger partial charge is 0.255 e. The van der Waals surface area contributed by atoms with Crippen molar-refractivity contribution in [2.45, 2.75) is 6.92 Å². The molecule has 8 nitrogen and oxygen atoms in total. The van der Waals surface area contributed by atoms with Gasteiger partial charge in [-0.2, -0.15) is 5.10 Å². The van der Waals surface area contributed by atoms with Gasteiger partial charge in [0, 0.05) is 22.0 Å². The molecule has 2 heterocycles. The maximum Gasteiger partial charge on any atom is 0.255 e. The van der Waals surface area contributed by atoms with Crippen LogP contribution in [0.15, 0.2) is 61.3 Å². The average molecular weight is 400 g/mol. The highest BCUT2D eigenvalue weighted by molar-refractivity contribution is 5.94. The van der Waals surface area contributed by atoms with Crippen molar-refractivity contribution in [2.75, 3.05) is 11.9 Å². The molecule has 0 radical (unpaired) electrons. The first-order valence-corrected chi connectivity index (χ1v) is 9.29. The van der Waals surface area contributed by atoms with Crippen LogP contribution in [0.5, 0.6) is 5.75 Å². The van der Waals surface area contributed by atoms with Gasteiger partial charge in [-0.3, -0.25) is 9.89 Å². The van der Waals surface area contributed by atoms with E-state index >= 15 is 0 Å². The van der Waals surface area contributed by atoms with Crippen LogP contribution in [-0.4, -0.2) is 32.7 Å². The Bertz CT molecular complexity index is 1290. The number of benzene rings is 2. The number of primary amides is 1. The Morgan fingerprint density at radius 2 is 2.13 bits per heavy atom. The predicted octanol–water partition coefficient (Wildman–Crippen LogP) is 3.70. The van der Waals surface area contributed by atoms with Gasteiger partial charge in [-0.1, -0.05) is 18.7 Å². The number of nitrogens with zero attached hydrogens (tertiary/aromatic N) is 3. The summed E-state index contributed by atoms with van der Waals surface area (Å²) >= 11 is 0. The zero-order chi connectivity index (χ0) is 21.1. The van der Waals surface area contributed by atoms with E-state index in [1.54, 1.807) is 24.4 Å².